The first kappa shape index (κ1) is 34.1. The van der Waals surface area contributed by atoms with Crippen LogP contribution in [0.5, 0.6) is 0 Å². The van der Waals surface area contributed by atoms with Gasteiger partial charge >= 0.3 is 6.03 Å². The SMILES string of the molecule is CC(C#N)(CCC(=O)NCCOCCOCCNC(=O)CCCC[C@@H]1SC[C@@H]2NC(=O)N[C@@H]21)SC(=S)c1ccccc1. The number of nitrogens with one attached hydrogen (secondary N) is 4. The number of ether oxygens (including phenoxy) is 2. The maximum Gasteiger partial charge on any atom is 0.315 e. The molecular formula is C29H41N5O5S3. The molecule has 230 valence electrons. The number of carbonyl (C=O) groups excluding carboxylic acids is 3. The largest absolute Gasteiger partial charge is 0.377 e. The standard InChI is InChI=1S/C29H41N5O5S3/c1-29(20-30,42-27(40)21-7-3-2-4-8-21)12-11-25(36)32-14-16-39-18-17-38-15-13-31-24(35)10-6-5-9-23-26-22(19-41-23)33-28(37)34-26/h2-4,7-8,22-23,26H,5-6,9-19H2,1H3,(H,31,35)(H,32,36)(H2,33,34,37)/t22-,23-,26-,29?/m0/s1. The van der Waals surface area contributed by atoms with Gasteiger partial charge in [-0.05, 0) is 31.7 Å². The summed E-state index contributed by atoms with van der Waals surface area (Å²) in [6.45, 7) is 4.18. The molecule has 2 heterocycles. The van der Waals surface area contributed by atoms with Crippen LogP contribution in [0.25, 0.3) is 0 Å². The van der Waals surface area contributed by atoms with Crippen LogP contribution in [0.4, 0.5) is 4.79 Å². The van der Waals surface area contributed by atoms with Crippen molar-refractivity contribution in [3.8, 4) is 6.07 Å². The lowest BCUT2D eigenvalue weighted by Gasteiger charge is -2.21. The molecule has 4 N–H and O–H groups in total. The highest BCUT2D eigenvalue weighted by Crippen LogP contribution is 2.34. The van der Waals surface area contributed by atoms with Crippen LogP contribution in [0, 0.1) is 11.3 Å². The van der Waals surface area contributed by atoms with E-state index in [9.17, 15) is 19.6 Å². The Labute approximate surface area is 262 Å². The molecule has 2 aliphatic rings. The highest BCUT2D eigenvalue weighted by atomic mass is 32.2. The summed E-state index contributed by atoms with van der Waals surface area (Å²) in [5.74, 6) is 0.834. The van der Waals surface area contributed by atoms with Crippen LogP contribution >= 0.6 is 35.7 Å². The quantitative estimate of drug-likeness (QED) is 0.103. The lowest BCUT2D eigenvalue weighted by molar-refractivity contribution is -0.122. The maximum absolute atomic E-state index is 12.2. The Kier molecular flexibility index (Phi) is 14.9. The number of nitriles is 1. The van der Waals surface area contributed by atoms with Crippen molar-refractivity contribution in [2.45, 2.75) is 67.5 Å². The van der Waals surface area contributed by atoms with Crippen LogP contribution in [0.2, 0.25) is 0 Å². The molecule has 1 aromatic rings. The number of unbranched alkanes of at least 4 members (excludes halogenated alkanes) is 1. The predicted molar refractivity (Wildman–Crippen MR) is 171 cm³/mol. The van der Waals surface area contributed by atoms with Crippen molar-refractivity contribution in [3.63, 3.8) is 0 Å². The summed E-state index contributed by atoms with van der Waals surface area (Å²) in [6, 6.07) is 12.2. The number of carbonyl (C=O) groups is 3. The smallest absolute Gasteiger partial charge is 0.315 e. The van der Waals surface area contributed by atoms with E-state index >= 15 is 0 Å². The highest BCUT2D eigenvalue weighted by molar-refractivity contribution is 8.24. The first-order chi connectivity index (χ1) is 20.3. The van der Waals surface area contributed by atoms with E-state index in [0.29, 0.717) is 61.8 Å². The van der Waals surface area contributed by atoms with E-state index in [0.717, 1.165) is 30.6 Å². The monoisotopic (exact) mass is 635 g/mol. The van der Waals surface area contributed by atoms with Gasteiger partial charge in [0.25, 0.3) is 0 Å². The number of thiocarbonyl (C=S) groups is 1. The van der Waals surface area contributed by atoms with Crippen LogP contribution in [0.1, 0.15) is 51.0 Å². The van der Waals surface area contributed by atoms with Crippen molar-refractivity contribution >= 4 is 57.8 Å². The third-order valence-corrected chi connectivity index (χ3v) is 10.1. The van der Waals surface area contributed by atoms with E-state index in [2.05, 4.69) is 27.3 Å². The minimum atomic E-state index is -0.787. The summed E-state index contributed by atoms with van der Waals surface area (Å²) in [6.07, 6.45) is 3.88. The Morgan fingerprint density at radius 1 is 1.07 bits per heavy atom. The van der Waals surface area contributed by atoms with E-state index in [1.807, 2.05) is 42.1 Å². The van der Waals surface area contributed by atoms with Crippen molar-refractivity contribution in [1.82, 2.24) is 21.3 Å². The Morgan fingerprint density at radius 3 is 2.40 bits per heavy atom. The molecule has 2 saturated heterocycles. The molecule has 4 atom stereocenters. The van der Waals surface area contributed by atoms with Gasteiger partial charge in [-0.2, -0.15) is 17.0 Å². The average molecular weight is 636 g/mol. The molecule has 0 aromatic heterocycles. The van der Waals surface area contributed by atoms with Gasteiger partial charge in [0.05, 0.1) is 48.8 Å². The Hall–Kier alpha value is -2.37. The van der Waals surface area contributed by atoms with Crippen LogP contribution in [0.15, 0.2) is 30.3 Å². The summed E-state index contributed by atoms with van der Waals surface area (Å²) >= 11 is 8.68. The second kappa shape index (κ2) is 18.3. The van der Waals surface area contributed by atoms with Crippen molar-refractivity contribution in [2.24, 2.45) is 0 Å². The molecule has 13 heteroatoms. The first-order valence-corrected chi connectivity index (χ1v) is 16.6. The fraction of sp³-hybridized carbons (Fsp3) is 0.621. The minimum absolute atomic E-state index is 0.0194. The topological polar surface area (TPSA) is 142 Å². The summed E-state index contributed by atoms with van der Waals surface area (Å²) in [4.78, 5) is 35.7. The molecule has 1 unspecified atom stereocenters. The number of thioether (sulfide) groups is 2. The van der Waals surface area contributed by atoms with Gasteiger partial charge in [0.2, 0.25) is 11.8 Å². The molecule has 0 saturated carbocycles. The van der Waals surface area contributed by atoms with Gasteiger partial charge in [0, 0.05) is 36.9 Å². The molecule has 2 aliphatic heterocycles. The molecule has 0 bridgehead atoms. The van der Waals surface area contributed by atoms with Crippen LogP contribution in [-0.4, -0.2) is 89.4 Å². The minimum Gasteiger partial charge on any atom is -0.377 e. The number of hydrogen-bond donors (Lipinski definition) is 4. The Balaban J connectivity index is 1.10. The number of rotatable bonds is 19. The van der Waals surface area contributed by atoms with Gasteiger partial charge in [-0.25, -0.2) is 4.79 Å². The van der Waals surface area contributed by atoms with E-state index in [1.165, 1.54) is 11.8 Å². The molecule has 10 nitrogen and oxygen atoms in total. The molecule has 3 rings (SSSR count). The van der Waals surface area contributed by atoms with Crippen LogP contribution in [0.3, 0.4) is 0 Å². The number of benzene rings is 1. The van der Waals surface area contributed by atoms with Gasteiger partial charge in [0.1, 0.15) is 4.75 Å². The lowest BCUT2D eigenvalue weighted by Crippen LogP contribution is -2.36. The van der Waals surface area contributed by atoms with E-state index in [-0.39, 0.29) is 36.3 Å². The third-order valence-electron chi connectivity index (χ3n) is 6.98. The normalized spacial score (nSPS) is 20.5. The number of urea groups is 1. The fourth-order valence-corrected chi connectivity index (χ4v) is 7.76. The maximum atomic E-state index is 12.2. The highest BCUT2D eigenvalue weighted by Gasteiger charge is 2.42. The molecule has 2 fully saturated rings. The number of amides is 4. The van der Waals surface area contributed by atoms with Crippen molar-refractivity contribution in [3.05, 3.63) is 35.9 Å². The number of fused-ring (bicyclic) bond motifs is 1. The molecule has 0 radical (unpaired) electrons. The zero-order valence-electron chi connectivity index (χ0n) is 24.0. The van der Waals surface area contributed by atoms with E-state index < -0.39 is 4.75 Å². The molecular weight excluding hydrogens is 595 g/mol. The zero-order valence-corrected chi connectivity index (χ0v) is 26.5. The summed E-state index contributed by atoms with van der Waals surface area (Å²) in [5, 5.41) is 21.7. The summed E-state index contributed by atoms with van der Waals surface area (Å²) < 4.78 is 10.8. The second-order valence-corrected chi connectivity index (χ2v) is 13.8. The fourth-order valence-electron chi connectivity index (χ4n) is 4.62. The first-order valence-electron chi connectivity index (χ1n) is 14.4. The molecule has 4 amide bonds. The van der Waals surface area contributed by atoms with Gasteiger partial charge < -0.3 is 30.7 Å². The summed E-state index contributed by atoms with van der Waals surface area (Å²) in [7, 11) is 0. The number of hydrogen-bond acceptors (Lipinski definition) is 9. The molecule has 0 aliphatic carbocycles. The summed E-state index contributed by atoms with van der Waals surface area (Å²) in [5.41, 5.74) is 0.897. The number of nitrogens with zero attached hydrogens (tertiary/aromatic N) is 1. The van der Waals surface area contributed by atoms with Crippen molar-refractivity contribution in [2.75, 3.05) is 45.3 Å². The molecule has 1 aromatic carbocycles. The third kappa shape index (κ3) is 12.1. The van der Waals surface area contributed by atoms with Crippen molar-refractivity contribution in [1.29, 1.82) is 5.26 Å². The van der Waals surface area contributed by atoms with Gasteiger partial charge in [0.15, 0.2) is 0 Å². The van der Waals surface area contributed by atoms with E-state index in [4.69, 9.17) is 21.7 Å². The second-order valence-electron chi connectivity index (χ2n) is 10.4. The Bertz CT molecular complexity index is 1090. The van der Waals surface area contributed by atoms with Gasteiger partial charge in [-0.3, -0.25) is 9.59 Å². The predicted octanol–water partition coefficient (Wildman–Crippen LogP) is 3.15. The van der Waals surface area contributed by atoms with Gasteiger partial charge in [-0.1, -0.05) is 60.7 Å². The Morgan fingerprint density at radius 2 is 1.74 bits per heavy atom. The molecule has 0 spiro atoms. The average Bonchev–Trinajstić information content (AvgIpc) is 3.54. The zero-order chi connectivity index (χ0) is 30.2. The van der Waals surface area contributed by atoms with Gasteiger partial charge in [-0.15, -0.1) is 0 Å². The molecule has 42 heavy (non-hydrogen) atoms. The van der Waals surface area contributed by atoms with Crippen LogP contribution in [-0.2, 0) is 19.1 Å². The van der Waals surface area contributed by atoms with E-state index in [1.54, 1.807) is 6.92 Å². The van der Waals surface area contributed by atoms with Crippen LogP contribution < -0.4 is 21.3 Å². The lowest BCUT2D eigenvalue weighted by atomic mass is 10.0. The van der Waals surface area contributed by atoms with Crippen molar-refractivity contribution < 1.29 is 23.9 Å².